The van der Waals surface area contributed by atoms with Crippen LogP contribution in [-0.4, -0.2) is 41.9 Å². The Hall–Kier alpha value is -2.87. The molecule has 2 heterocycles. The summed E-state index contributed by atoms with van der Waals surface area (Å²) >= 11 is 1.32. The van der Waals surface area contributed by atoms with Gasteiger partial charge in [0.2, 0.25) is 5.91 Å². The lowest BCUT2D eigenvalue weighted by Crippen LogP contribution is -2.34. The van der Waals surface area contributed by atoms with Crippen LogP contribution in [0.15, 0.2) is 24.3 Å². The summed E-state index contributed by atoms with van der Waals surface area (Å²) in [5.74, 6) is -0.105. The zero-order valence-electron chi connectivity index (χ0n) is 17.6. The Kier molecular flexibility index (Phi) is 6.77. The standard InChI is InChI=1S/C22H26N2O5S/c1-5-28-22(27)19-17-10-11-24(14(4)25)12-18(17)30-21(19)23-20(26)15-6-8-16(9-7-15)29-13(2)3/h6-9,13H,5,10-12H2,1-4H3,(H,23,26). The highest BCUT2D eigenvalue weighted by atomic mass is 32.1. The first-order chi connectivity index (χ1) is 14.3. The number of nitrogens with zero attached hydrogens (tertiary/aromatic N) is 1. The number of carbonyl (C=O) groups is 3. The highest BCUT2D eigenvalue weighted by Gasteiger charge is 2.30. The summed E-state index contributed by atoms with van der Waals surface area (Å²) in [6, 6.07) is 6.85. The molecule has 1 N–H and O–H groups in total. The first-order valence-corrected chi connectivity index (χ1v) is 10.8. The zero-order chi connectivity index (χ0) is 21.8. The third-order valence-electron chi connectivity index (χ3n) is 4.70. The minimum atomic E-state index is -0.456. The molecule has 3 rings (SSSR count). The molecular weight excluding hydrogens is 404 g/mol. The predicted molar refractivity (Wildman–Crippen MR) is 115 cm³/mol. The van der Waals surface area contributed by atoms with Crippen molar-refractivity contribution in [3.8, 4) is 5.75 Å². The average Bonchev–Trinajstić information content (AvgIpc) is 3.05. The van der Waals surface area contributed by atoms with E-state index in [1.807, 2.05) is 13.8 Å². The molecule has 7 nitrogen and oxygen atoms in total. The molecule has 2 amide bonds. The highest BCUT2D eigenvalue weighted by molar-refractivity contribution is 7.17. The first kappa shape index (κ1) is 21.8. The van der Waals surface area contributed by atoms with Crippen LogP contribution in [0.25, 0.3) is 0 Å². The summed E-state index contributed by atoms with van der Waals surface area (Å²) in [7, 11) is 0. The van der Waals surface area contributed by atoms with Gasteiger partial charge in [0.25, 0.3) is 5.91 Å². The SMILES string of the molecule is CCOC(=O)c1c(NC(=O)c2ccc(OC(C)C)cc2)sc2c1CCN(C(C)=O)C2. The van der Waals surface area contributed by atoms with Crippen LogP contribution in [0.4, 0.5) is 5.00 Å². The van der Waals surface area contributed by atoms with E-state index in [9.17, 15) is 14.4 Å². The number of amides is 2. The van der Waals surface area contributed by atoms with E-state index in [4.69, 9.17) is 9.47 Å². The van der Waals surface area contributed by atoms with Gasteiger partial charge in [0.05, 0.1) is 24.8 Å². The summed E-state index contributed by atoms with van der Waals surface area (Å²) in [6.07, 6.45) is 0.597. The van der Waals surface area contributed by atoms with Gasteiger partial charge < -0.3 is 19.7 Å². The van der Waals surface area contributed by atoms with E-state index >= 15 is 0 Å². The number of nitrogens with one attached hydrogen (secondary N) is 1. The summed E-state index contributed by atoms with van der Waals surface area (Å²) in [5.41, 5.74) is 1.71. The topological polar surface area (TPSA) is 84.9 Å². The Bertz CT molecular complexity index is 949. The van der Waals surface area contributed by atoms with E-state index < -0.39 is 5.97 Å². The molecule has 0 saturated carbocycles. The van der Waals surface area contributed by atoms with Crippen LogP contribution in [0.3, 0.4) is 0 Å². The highest BCUT2D eigenvalue weighted by Crippen LogP contribution is 2.38. The molecule has 0 radical (unpaired) electrons. The van der Waals surface area contributed by atoms with Crippen LogP contribution in [0.5, 0.6) is 5.75 Å². The molecular formula is C22H26N2O5S. The largest absolute Gasteiger partial charge is 0.491 e. The van der Waals surface area contributed by atoms with Crippen LogP contribution in [0.1, 0.15) is 58.9 Å². The summed E-state index contributed by atoms with van der Waals surface area (Å²) in [5, 5.41) is 3.32. The van der Waals surface area contributed by atoms with Gasteiger partial charge in [-0.1, -0.05) is 0 Å². The lowest BCUT2D eigenvalue weighted by molar-refractivity contribution is -0.129. The molecule has 0 bridgehead atoms. The van der Waals surface area contributed by atoms with Crippen molar-refractivity contribution in [3.63, 3.8) is 0 Å². The molecule has 2 aromatic rings. The van der Waals surface area contributed by atoms with Gasteiger partial charge in [-0.15, -0.1) is 11.3 Å². The van der Waals surface area contributed by atoms with Crippen molar-refractivity contribution in [2.75, 3.05) is 18.5 Å². The number of carbonyl (C=O) groups excluding carboxylic acids is 3. The number of esters is 1. The van der Waals surface area contributed by atoms with Gasteiger partial charge in [-0.2, -0.15) is 0 Å². The molecule has 30 heavy (non-hydrogen) atoms. The van der Waals surface area contributed by atoms with Crippen molar-refractivity contribution in [2.45, 2.75) is 46.8 Å². The molecule has 0 fully saturated rings. The van der Waals surface area contributed by atoms with Crippen LogP contribution < -0.4 is 10.1 Å². The van der Waals surface area contributed by atoms with Crippen molar-refractivity contribution in [1.82, 2.24) is 4.90 Å². The van der Waals surface area contributed by atoms with E-state index in [1.54, 1.807) is 36.1 Å². The van der Waals surface area contributed by atoms with Gasteiger partial charge in [0.15, 0.2) is 0 Å². The smallest absolute Gasteiger partial charge is 0.341 e. The van der Waals surface area contributed by atoms with E-state index in [1.165, 1.54) is 18.3 Å². The molecule has 0 atom stereocenters. The second kappa shape index (κ2) is 9.30. The first-order valence-electron chi connectivity index (χ1n) is 9.95. The van der Waals surface area contributed by atoms with E-state index in [0.717, 1.165) is 10.4 Å². The lowest BCUT2D eigenvalue weighted by atomic mass is 10.0. The Morgan fingerprint density at radius 2 is 1.90 bits per heavy atom. The van der Waals surface area contributed by atoms with Crippen LogP contribution in [-0.2, 0) is 22.5 Å². The Labute approximate surface area is 180 Å². The van der Waals surface area contributed by atoms with E-state index in [2.05, 4.69) is 5.32 Å². The number of ether oxygens (including phenoxy) is 2. The minimum Gasteiger partial charge on any atom is -0.491 e. The molecule has 0 unspecified atom stereocenters. The third kappa shape index (κ3) is 4.81. The number of anilines is 1. The number of thiophene rings is 1. The fraction of sp³-hybridized carbons (Fsp3) is 0.409. The summed E-state index contributed by atoms with van der Waals surface area (Å²) in [4.78, 5) is 39.8. The molecule has 8 heteroatoms. The Morgan fingerprint density at radius 3 is 2.50 bits per heavy atom. The predicted octanol–water partition coefficient (Wildman–Crippen LogP) is 3.87. The molecule has 0 spiro atoms. The number of fused-ring (bicyclic) bond motifs is 1. The molecule has 1 aromatic heterocycles. The average molecular weight is 431 g/mol. The van der Waals surface area contributed by atoms with Gasteiger partial charge in [-0.25, -0.2) is 4.79 Å². The Balaban J connectivity index is 1.86. The minimum absolute atomic E-state index is 0.0129. The fourth-order valence-corrected chi connectivity index (χ4v) is 4.56. The number of benzene rings is 1. The van der Waals surface area contributed by atoms with Crippen molar-refractivity contribution >= 4 is 34.1 Å². The van der Waals surface area contributed by atoms with Crippen LogP contribution in [0, 0.1) is 0 Å². The number of rotatable bonds is 6. The quantitative estimate of drug-likeness (QED) is 0.704. The van der Waals surface area contributed by atoms with Gasteiger partial charge in [-0.05, 0) is 57.0 Å². The molecule has 0 aliphatic carbocycles. The third-order valence-corrected chi connectivity index (χ3v) is 5.83. The van der Waals surface area contributed by atoms with Gasteiger partial charge >= 0.3 is 5.97 Å². The maximum absolute atomic E-state index is 12.8. The molecule has 1 aliphatic rings. The number of hydrogen-bond donors (Lipinski definition) is 1. The fourth-order valence-electron chi connectivity index (χ4n) is 3.31. The van der Waals surface area contributed by atoms with Crippen LogP contribution in [0.2, 0.25) is 0 Å². The van der Waals surface area contributed by atoms with Crippen molar-refractivity contribution in [2.24, 2.45) is 0 Å². The normalized spacial score (nSPS) is 13.0. The Morgan fingerprint density at radius 1 is 1.20 bits per heavy atom. The van der Waals surface area contributed by atoms with E-state index in [0.29, 0.717) is 41.4 Å². The molecule has 160 valence electrons. The monoisotopic (exact) mass is 430 g/mol. The number of hydrogen-bond acceptors (Lipinski definition) is 6. The second-order valence-corrected chi connectivity index (χ2v) is 8.37. The molecule has 0 saturated heterocycles. The van der Waals surface area contributed by atoms with Crippen molar-refractivity contribution in [3.05, 3.63) is 45.8 Å². The maximum Gasteiger partial charge on any atom is 0.341 e. The zero-order valence-corrected chi connectivity index (χ0v) is 18.4. The van der Waals surface area contributed by atoms with Crippen molar-refractivity contribution < 1.29 is 23.9 Å². The summed E-state index contributed by atoms with van der Waals surface area (Å²) in [6.45, 7) is 8.35. The van der Waals surface area contributed by atoms with Crippen molar-refractivity contribution in [1.29, 1.82) is 0 Å². The second-order valence-electron chi connectivity index (χ2n) is 7.26. The maximum atomic E-state index is 12.8. The summed E-state index contributed by atoms with van der Waals surface area (Å²) < 4.78 is 10.8. The van der Waals surface area contributed by atoms with Gasteiger partial charge in [0.1, 0.15) is 10.8 Å². The van der Waals surface area contributed by atoms with Gasteiger partial charge in [0, 0.05) is 23.9 Å². The van der Waals surface area contributed by atoms with Crippen LogP contribution >= 0.6 is 11.3 Å². The lowest BCUT2D eigenvalue weighted by Gasteiger charge is -2.25. The molecule has 1 aromatic carbocycles. The molecule has 1 aliphatic heterocycles. The van der Waals surface area contributed by atoms with Gasteiger partial charge in [-0.3, -0.25) is 9.59 Å². The van der Waals surface area contributed by atoms with E-state index in [-0.39, 0.29) is 24.5 Å².